The number of anilines is 1. The molecule has 0 aliphatic rings. The molecule has 0 aliphatic heterocycles. The smallest absolute Gasteiger partial charge is 0.225 e. The van der Waals surface area contributed by atoms with Crippen LogP contribution in [0.3, 0.4) is 0 Å². The van der Waals surface area contributed by atoms with E-state index in [1.54, 1.807) is 0 Å². The molecule has 1 amide bonds. The van der Waals surface area contributed by atoms with Crippen LogP contribution in [0.15, 0.2) is 48.5 Å². The molecule has 2 aromatic rings. The van der Waals surface area contributed by atoms with Gasteiger partial charge in [-0.1, -0.05) is 36.4 Å². The van der Waals surface area contributed by atoms with Gasteiger partial charge in [-0.15, -0.1) is 0 Å². The highest BCUT2D eigenvalue weighted by Gasteiger charge is 2.03. The van der Waals surface area contributed by atoms with E-state index >= 15 is 0 Å². The third-order valence-electron chi connectivity index (χ3n) is 3.49. The Labute approximate surface area is 126 Å². The van der Waals surface area contributed by atoms with Crippen molar-refractivity contribution in [2.24, 2.45) is 0 Å². The Morgan fingerprint density at radius 1 is 1.00 bits per heavy atom. The van der Waals surface area contributed by atoms with E-state index in [1.165, 1.54) is 16.7 Å². The van der Waals surface area contributed by atoms with Gasteiger partial charge in [0.1, 0.15) is 0 Å². The molecule has 0 bridgehead atoms. The highest BCUT2D eigenvalue weighted by Crippen LogP contribution is 2.14. The van der Waals surface area contributed by atoms with E-state index in [4.69, 9.17) is 0 Å². The number of aryl methyl sites for hydroxylation is 2. The molecule has 3 nitrogen and oxygen atoms in total. The zero-order chi connectivity index (χ0) is 15.1. The van der Waals surface area contributed by atoms with Crippen LogP contribution < -0.4 is 10.6 Å². The maximum absolute atomic E-state index is 11.9. The van der Waals surface area contributed by atoms with Gasteiger partial charge in [0.05, 0.1) is 0 Å². The number of carbonyl (C=O) groups excluding carboxylic acids is 1. The highest BCUT2D eigenvalue weighted by atomic mass is 16.1. The predicted molar refractivity (Wildman–Crippen MR) is 87.3 cm³/mol. The molecule has 2 rings (SSSR count). The van der Waals surface area contributed by atoms with Gasteiger partial charge in [-0.25, -0.2) is 0 Å². The van der Waals surface area contributed by atoms with E-state index in [-0.39, 0.29) is 5.91 Å². The summed E-state index contributed by atoms with van der Waals surface area (Å²) in [6.07, 6.45) is 0.472. The molecule has 2 aromatic carbocycles. The second kappa shape index (κ2) is 7.60. The zero-order valence-electron chi connectivity index (χ0n) is 12.6. The third-order valence-corrected chi connectivity index (χ3v) is 3.49. The van der Waals surface area contributed by atoms with Crippen LogP contribution in [-0.2, 0) is 11.3 Å². The van der Waals surface area contributed by atoms with Crippen LogP contribution >= 0.6 is 0 Å². The summed E-state index contributed by atoms with van der Waals surface area (Å²) in [6, 6.07) is 16.2. The van der Waals surface area contributed by atoms with Crippen LogP contribution in [0.4, 0.5) is 5.69 Å². The quantitative estimate of drug-likeness (QED) is 0.797. The molecule has 2 N–H and O–H groups in total. The molecular formula is C18H22N2O. The number of rotatable bonds is 6. The maximum atomic E-state index is 11.9. The summed E-state index contributed by atoms with van der Waals surface area (Å²) >= 11 is 0. The summed E-state index contributed by atoms with van der Waals surface area (Å²) in [6.45, 7) is 5.57. The standard InChI is InChI=1S/C18H22N2O/c1-14-8-9-17(12-15(14)2)20-18(21)10-11-19-13-16-6-4-3-5-7-16/h3-9,12,19H,10-11,13H2,1-2H3,(H,20,21). The molecule has 0 radical (unpaired) electrons. The molecule has 0 heterocycles. The minimum Gasteiger partial charge on any atom is -0.326 e. The van der Waals surface area contributed by atoms with Crippen molar-refractivity contribution in [2.75, 3.05) is 11.9 Å². The van der Waals surface area contributed by atoms with Gasteiger partial charge in [0.25, 0.3) is 0 Å². The minimum absolute atomic E-state index is 0.0406. The fraction of sp³-hybridized carbons (Fsp3) is 0.278. The predicted octanol–water partition coefficient (Wildman–Crippen LogP) is 3.42. The first-order valence-electron chi connectivity index (χ1n) is 7.27. The molecule has 0 atom stereocenters. The number of hydrogen-bond donors (Lipinski definition) is 2. The van der Waals surface area contributed by atoms with E-state index < -0.39 is 0 Å². The lowest BCUT2D eigenvalue weighted by atomic mass is 10.1. The summed E-state index contributed by atoms with van der Waals surface area (Å²) < 4.78 is 0. The Morgan fingerprint density at radius 2 is 1.76 bits per heavy atom. The van der Waals surface area contributed by atoms with Gasteiger partial charge in [-0.05, 0) is 42.7 Å². The van der Waals surface area contributed by atoms with Crippen molar-refractivity contribution < 1.29 is 4.79 Å². The average molecular weight is 282 g/mol. The second-order valence-electron chi connectivity index (χ2n) is 5.26. The van der Waals surface area contributed by atoms with Gasteiger partial charge >= 0.3 is 0 Å². The second-order valence-corrected chi connectivity index (χ2v) is 5.26. The van der Waals surface area contributed by atoms with Crippen LogP contribution in [0.2, 0.25) is 0 Å². The van der Waals surface area contributed by atoms with Crippen molar-refractivity contribution in [1.29, 1.82) is 0 Å². The molecule has 0 saturated heterocycles. The van der Waals surface area contributed by atoms with Gasteiger partial charge in [0, 0.05) is 25.2 Å². The Bertz CT molecular complexity index is 593. The van der Waals surface area contributed by atoms with Gasteiger partial charge in [-0.2, -0.15) is 0 Å². The van der Waals surface area contributed by atoms with Gasteiger partial charge < -0.3 is 10.6 Å². The average Bonchev–Trinajstić information content (AvgIpc) is 2.49. The first-order valence-corrected chi connectivity index (χ1v) is 7.27. The largest absolute Gasteiger partial charge is 0.326 e. The van der Waals surface area contributed by atoms with Crippen molar-refractivity contribution in [2.45, 2.75) is 26.8 Å². The Kier molecular flexibility index (Phi) is 5.52. The van der Waals surface area contributed by atoms with Crippen LogP contribution in [0.5, 0.6) is 0 Å². The molecule has 0 aromatic heterocycles. The summed E-state index contributed by atoms with van der Waals surface area (Å²) in [4.78, 5) is 11.9. The lowest BCUT2D eigenvalue weighted by Gasteiger charge is -2.08. The first-order chi connectivity index (χ1) is 10.1. The summed E-state index contributed by atoms with van der Waals surface area (Å²) in [5.74, 6) is 0.0406. The summed E-state index contributed by atoms with van der Waals surface area (Å²) in [5, 5.41) is 6.21. The van der Waals surface area contributed by atoms with Gasteiger partial charge in [-0.3, -0.25) is 4.79 Å². The number of amides is 1. The van der Waals surface area contributed by atoms with Crippen LogP contribution in [0.1, 0.15) is 23.1 Å². The van der Waals surface area contributed by atoms with Crippen molar-refractivity contribution in [1.82, 2.24) is 5.32 Å². The molecule has 0 spiro atoms. The Balaban J connectivity index is 1.71. The van der Waals surface area contributed by atoms with Crippen molar-refractivity contribution in [3.8, 4) is 0 Å². The summed E-state index contributed by atoms with van der Waals surface area (Å²) in [7, 11) is 0. The molecule has 0 aliphatic carbocycles. The van der Waals surface area contributed by atoms with Crippen LogP contribution in [0.25, 0.3) is 0 Å². The summed E-state index contributed by atoms with van der Waals surface area (Å²) in [5.41, 5.74) is 4.52. The van der Waals surface area contributed by atoms with Gasteiger partial charge in [0.2, 0.25) is 5.91 Å². The van der Waals surface area contributed by atoms with E-state index in [1.807, 2.05) is 43.3 Å². The molecule has 110 valence electrons. The molecule has 0 saturated carbocycles. The molecule has 3 heteroatoms. The van der Waals surface area contributed by atoms with E-state index in [0.717, 1.165) is 12.2 Å². The molecule has 0 unspecified atom stereocenters. The first kappa shape index (κ1) is 15.3. The third kappa shape index (κ3) is 5.04. The maximum Gasteiger partial charge on any atom is 0.225 e. The Morgan fingerprint density at radius 3 is 2.48 bits per heavy atom. The van der Waals surface area contributed by atoms with Crippen molar-refractivity contribution in [3.05, 3.63) is 65.2 Å². The fourth-order valence-corrected chi connectivity index (χ4v) is 2.07. The lowest BCUT2D eigenvalue weighted by Crippen LogP contribution is -2.21. The minimum atomic E-state index is 0.0406. The Hall–Kier alpha value is -2.13. The van der Waals surface area contributed by atoms with Crippen LogP contribution in [0, 0.1) is 13.8 Å². The van der Waals surface area contributed by atoms with E-state index in [9.17, 15) is 4.79 Å². The van der Waals surface area contributed by atoms with Crippen molar-refractivity contribution >= 4 is 11.6 Å². The number of nitrogens with one attached hydrogen (secondary N) is 2. The molecular weight excluding hydrogens is 260 g/mol. The monoisotopic (exact) mass is 282 g/mol. The van der Waals surface area contributed by atoms with E-state index in [2.05, 4.69) is 29.7 Å². The normalized spacial score (nSPS) is 10.4. The number of benzene rings is 2. The van der Waals surface area contributed by atoms with Gasteiger partial charge in [0.15, 0.2) is 0 Å². The number of carbonyl (C=O) groups is 1. The van der Waals surface area contributed by atoms with Crippen LogP contribution in [-0.4, -0.2) is 12.5 Å². The zero-order valence-corrected chi connectivity index (χ0v) is 12.6. The highest BCUT2D eigenvalue weighted by molar-refractivity contribution is 5.90. The fourth-order valence-electron chi connectivity index (χ4n) is 2.07. The molecule has 0 fully saturated rings. The number of hydrogen-bond acceptors (Lipinski definition) is 2. The lowest BCUT2D eigenvalue weighted by molar-refractivity contribution is -0.116. The topological polar surface area (TPSA) is 41.1 Å². The van der Waals surface area contributed by atoms with Crippen molar-refractivity contribution in [3.63, 3.8) is 0 Å². The van der Waals surface area contributed by atoms with E-state index in [0.29, 0.717) is 13.0 Å². The SMILES string of the molecule is Cc1ccc(NC(=O)CCNCc2ccccc2)cc1C. The molecule has 21 heavy (non-hydrogen) atoms.